The monoisotopic (exact) mass is 445 g/mol. The molecule has 0 fully saturated rings. The van der Waals surface area contributed by atoms with Crippen LogP contribution in [0.25, 0.3) is 5.57 Å². The number of carbonyl (C=O) groups is 2. The van der Waals surface area contributed by atoms with Crippen LogP contribution in [-0.2, 0) is 20.7 Å². The first-order chi connectivity index (χ1) is 14.8. The van der Waals surface area contributed by atoms with Crippen molar-refractivity contribution in [1.82, 2.24) is 5.32 Å². The van der Waals surface area contributed by atoms with Crippen molar-refractivity contribution < 1.29 is 19.1 Å². The number of hydrogen-bond donors (Lipinski definition) is 1. The molecule has 0 saturated heterocycles. The molecule has 1 aliphatic rings. The Balaban J connectivity index is 0.00000311. The molecular weight excluding hydrogens is 402 g/mol. The van der Waals surface area contributed by atoms with Gasteiger partial charge >= 0.3 is 12.1 Å². The number of amides is 1. The van der Waals surface area contributed by atoms with Gasteiger partial charge in [-0.25, -0.2) is 4.79 Å². The van der Waals surface area contributed by atoms with Gasteiger partial charge in [-0.15, -0.1) is 0 Å². The van der Waals surface area contributed by atoms with Crippen LogP contribution >= 0.6 is 0 Å². The van der Waals surface area contributed by atoms with Gasteiger partial charge in [0.1, 0.15) is 5.60 Å². The summed E-state index contributed by atoms with van der Waals surface area (Å²) in [6, 6.07) is 8.15. The molecule has 0 bridgehead atoms. The lowest BCUT2D eigenvalue weighted by Gasteiger charge is -2.24. The maximum absolute atomic E-state index is 12.2. The van der Waals surface area contributed by atoms with Gasteiger partial charge in [0, 0.05) is 12.5 Å². The van der Waals surface area contributed by atoms with Crippen LogP contribution < -0.4 is 5.32 Å². The van der Waals surface area contributed by atoms with Gasteiger partial charge < -0.3 is 14.8 Å². The molecular formula is C27H43NO4. The Labute approximate surface area is 195 Å². The molecule has 0 radical (unpaired) electrons. The van der Waals surface area contributed by atoms with Gasteiger partial charge in [0.2, 0.25) is 0 Å². The second-order valence-corrected chi connectivity index (χ2v) is 8.23. The molecule has 0 saturated carbocycles. The summed E-state index contributed by atoms with van der Waals surface area (Å²) in [6.45, 7) is 11.6. The van der Waals surface area contributed by atoms with E-state index in [1.165, 1.54) is 11.1 Å². The first-order valence-electron chi connectivity index (χ1n) is 11.4. The number of hydrogen-bond acceptors (Lipinski definition) is 4. The van der Waals surface area contributed by atoms with E-state index in [-0.39, 0.29) is 25.9 Å². The maximum Gasteiger partial charge on any atom is 0.407 e. The highest BCUT2D eigenvalue weighted by Gasteiger charge is 2.21. The standard InChI is InChI=1S/C24H33NO4.C2H6.CH4/c1-5-28-22(26)16-15-21(25-23(27)29-24(2,3)4)17-18-11-13-20(14-12-18)19-9-7-6-8-10-19;1-2;/h7,9-14,21H,5-6,8,15-17H2,1-4H3,(H,25,27);1-2H3;1H4. The average molecular weight is 446 g/mol. The zero-order chi connectivity index (χ0) is 23.3. The lowest BCUT2D eigenvalue weighted by molar-refractivity contribution is -0.143. The van der Waals surface area contributed by atoms with Crippen LogP contribution in [0.4, 0.5) is 4.79 Å². The second-order valence-electron chi connectivity index (χ2n) is 8.23. The highest BCUT2D eigenvalue weighted by Crippen LogP contribution is 2.22. The number of carbonyl (C=O) groups excluding carboxylic acids is 2. The second kappa shape index (κ2) is 15.3. The molecule has 1 aromatic rings. The van der Waals surface area contributed by atoms with Crippen LogP contribution in [0.2, 0.25) is 0 Å². The van der Waals surface area contributed by atoms with E-state index < -0.39 is 11.7 Å². The molecule has 1 N–H and O–H groups in total. The molecule has 2 rings (SSSR count). The minimum absolute atomic E-state index is 0. The van der Waals surface area contributed by atoms with Gasteiger partial charge in [0.05, 0.1) is 6.61 Å². The van der Waals surface area contributed by atoms with Gasteiger partial charge in [0.25, 0.3) is 0 Å². The smallest absolute Gasteiger partial charge is 0.407 e. The van der Waals surface area contributed by atoms with Crippen LogP contribution in [0, 0.1) is 0 Å². The van der Waals surface area contributed by atoms with Gasteiger partial charge in [-0.1, -0.05) is 63.8 Å². The van der Waals surface area contributed by atoms with Crippen LogP contribution in [0.1, 0.15) is 85.8 Å². The zero-order valence-electron chi connectivity index (χ0n) is 20.0. The summed E-state index contributed by atoms with van der Waals surface area (Å²) in [7, 11) is 0. The molecule has 0 aromatic heterocycles. The summed E-state index contributed by atoms with van der Waals surface area (Å²) >= 11 is 0. The van der Waals surface area contributed by atoms with Crippen molar-refractivity contribution in [3.63, 3.8) is 0 Å². The van der Waals surface area contributed by atoms with E-state index in [9.17, 15) is 9.59 Å². The summed E-state index contributed by atoms with van der Waals surface area (Å²) in [5.74, 6) is -0.255. The lowest BCUT2D eigenvalue weighted by Crippen LogP contribution is -2.40. The quantitative estimate of drug-likeness (QED) is 0.444. The van der Waals surface area contributed by atoms with Crippen LogP contribution in [0.3, 0.4) is 0 Å². The Hall–Kier alpha value is -2.56. The number of ether oxygens (including phenoxy) is 2. The predicted octanol–water partition coefficient (Wildman–Crippen LogP) is 6.86. The van der Waals surface area contributed by atoms with Gasteiger partial charge in [-0.2, -0.15) is 0 Å². The molecule has 1 unspecified atom stereocenters. The summed E-state index contributed by atoms with van der Waals surface area (Å²) in [5.41, 5.74) is 2.96. The SMILES string of the molecule is C.CC.CCOC(=O)CCC(Cc1ccc(C2=CCCC=C2)cc1)NC(=O)OC(C)(C)C. The van der Waals surface area contributed by atoms with E-state index in [2.05, 4.69) is 47.8 Å². The minimum Gasteiger partial charge on any atom is -0.466 e. The molecule has 1 aliphatic carbocycles. The van der Waals surface area contributed by atoms with E-state index in [0.29, 0.717) is 19.4 Å². The fraction of sp³-hybridized carbons (Fsp3) is 0.556. The van der Waals surface area contributed by atoms with Crippen molar-refractivity contribution in [3.8, 4) is 0 Å². The number of allylic oxidation sites excluding steroid dienone is 4. The van der Waals surface area contributed by atoms with Crippen molar-refractivity contribution in [2.75, 3.05) is 6.61 Å². The average Bonchev–Trinajstić information content (AvgIpc) is 2.73. The third-order valence-corrected chi connectivity index (χ3v) is 4.49. The maximum atomic E-state index is 12.2. The van der Waals surface area contributed by atoms with E-state index in [0.717, 1.165) is 18.4 Å². The summed E-state index contributed by atoms with van der Waals surface area (Å²) < 4.78 is 10.4. The summed E-state index contributed by atoms with van der Waals surface area (Å²) in [5, 5.41) is 2.91. The minimum atomic E-state index is -0.571. The molecule has 5 nitrogen and oxygen atoms in total. The fourth-order valence-electron chi connectivity index (χ4n) is 3.17. The van der Waals surface area contributed by atoms with Crippen LogP contribution in [-0.4, -0.2) is 30.3 Å². The van der Waals surface area contributed by atoms with Crippen molar-refractivity contribution in [2.24, 2.45) is 0 Å². The summed E-state index contributed by atoms with van der Waals surface area (Å²) in [4.78, 5) is 24.0. The molecule has 0 aliphatic heterocycles. The molecule has 1 amide bonds. The zero-order valence-corrected chi connectivity index (χ0v) is 20.0. The van der Waals surface area contributed by atoms with Crippen molar-refractivity contribution >= 4 is 17.6 Å². The highest BCUT2D eigenvalue weighted by atomic mass is 16.6. The largest absolute Gasteiger partial charge is 0.466 e. The van der Waals surface area contributed by atoms with E-state index in [1.807, 2.05) is 34.6 Å². The molecule has 180 valence electrons. The Kier molecular flexibility index (Phi) is 14.1. The van der Waals surface area contributed by atoms with E-state index in [4.69, 9.17) is 9.47 Å². The van der Waals surface area contributed by atoms with Crippen molar-refractivity contribution in [3.05, 3.63) is 53.6 Å². The Morgan fingerprint density at radius 3 is 2.28 bits per heavy atom. The summed E-state index contributed by atoms with van der Waals surface area (Å²) in [6.07, 6.45) is 9.67. The Morgan fingerprint density at radius 1 is 1.09 bits per heavy atom. The van der Waals surface area contributed by atoms with Gasteiger partial charge in [0.15, 0.2) is 0 Å². The Bertz CT molecular complexity index is 742. The van der Waals surface area contributed by atoms with Gasteiger partial charge in [-0.3, -0.25) is 4.79 Å². The Morgan fingerprint density at radius 2 is 1.75 bits per heavy atom. The highest BCUT2D eigenvalue weighted by molar-refractivity contribution is 5.75. The van der Waals surface area contributed by atoms with Gasteiger partial charge in [-0.05, 0) is 70.1 Å². The normalized spacial score (nSPS) is 13.5. The third kappa shape index (κ3) is 11.7. The number of benzene rings is 1. The molecule has 32 heavy (non-hydrogen) atoms. The van der Waals surface area contributed by atoms with Crippen LogP contribution in [0.5, 0.6) is 0 Å². The molecule has 1 aromatic carbocycles. The van der Waals surface area contributed by atoms with Crippen LogP contribution in [0.15, 0.2) is 42.5 Å². The molecule has 5 heteroatoms. The molecule has 0 spiro atoms. The third-order valence-electron chi connectivity index (χ3n) is 4.49. The predicted molar refractivity (Wildman–Crippen MR) is 134 cm³/mol. The van der Waals surface area contributed by atoms with Crippen molar-refractivity contribution in [1.29, 1.82) is 0 Å². The molecule has 0 heterocycles. The first-order valence-corrected chi connectivity index (χ1v) is 11.4. The number of rotatable bonds is 8. The molecule has 1 atom stereocenters. The van der Waals surface area contributed by atoms with E-state index in [1.54, 1.807) is 6.92 Å². The number of esters is 1. The number of nitrogens with one attached hydrogen (secondary N) is 1. The lowest BCUT2D eigenvalue weighted by atomic mass is 9.96. The number of alkyl carbamates (subject to hydrolysis) is 1. The van der Waals surface area contributed by atoms with E-state index >= 15 is 0 Å². The van der Waals surface area contributed by atoms with Crippen molar-refractivity contribution in [2.45, 2.75) is 92.7 Å². The first kappa shape index (κ1) is 29.4. The topological polar surface area (TPSA) is 64.6 Å². The fourth-order valence-corrected chi connectivity index (χ4v) is 3.17.